The van der Waals surface area contributed by atoms with Gasteiger partial charge in [0, 0.05) is 18.7 Å². The minimum atomic E-state index is -0.640. The first-order valence-electron chi connectivity index (χ1n) is 9.35. The second kappa shape index (κ2) is 7.16. The highest BCUT2D eigenvalue weighted by atomic mass is 16.5. The Kier molecular flexibility index (Phi) is 4.66. The molecule has 0 radical (unpaired) electrons. The molecule has 2 aromatic rings. The summed E-state index contributed by atoms with van der Waals surface area (Å²) in [7, 11) is 0. The summed E-state index contributed by atoms with van der Waals surface area (Å²) in [5.74, 6) is -2.37. The van der Waals surface area contributed by atoms with E-state index in [2.05, 4.69) is 0 Å². The Morgan fingerprint density at radius 1 is 1.00 bits per heavy atom. The molecule has 2 heterocycles. The molecule has 2 aromatic carbocycles. The number of amides is 3. The van der Waals surface area contributed by atoms with Crippen molar-refractivity contribution in [3.05, 3.63) is 64.7 Å². The molecule has 1 fully saturated rings. The van der Waals surface area contributed by atoms with Crippen molar-refractivity contribution in [2.24, 2.45) is 5.92 Å². The maximum absolute atomic E-state index is 12.5. The topological polar surface area (TPSA) is 84.0 Å². The Balaban J connectivity index is 1.41. The van der Waals surface area contributed by atoms with Crippen molar-refractivity contribution < 1.29 is 23.9 Å². The molecule has 1 atom stereocenters. The van der Waals surface area contributed by atoms with Crippen molar-refractivity contribution >= 4 is 29.4 Å². The van der Waals surface area contributed by atoms with E-state index in [9.17, 15) is 19.2 Å². The maximum Gasteiger partial charge on any atom is 0.313 e. The van der Waals surface area contributed by atoms with Crippen molar-refractivity contribution in [1.29, 1.82) is 0 Å². The van der Waals surface area contributed by atoms with Gasteiger partial charge in [-0.15, -0.1) is 0 Å². The number of esters is 1. The molecule has 7 nitrogen and oxygen atoms in total. The number of ether oxygens (including phenoxy) is 1. The lowest BCUT2D eigenvalue weighted by Gasteiger charge is -2.18. The second-order valence-electron chi connectivity index (χ2n) is 7.43. The molecule has 2 aliphatic rings. The summed E-state index contributed by atoms with van der Waals surface area (Å²) in [6, 6.07) is 12.3. The lowest BCUT2D eigenvalue weighted by atomic mass is 10.1. The summed E-state index contributed by atoms with van der Waals surface area (Å²) in [6.07, 6.45) is 0.0357. The predicted molar refractivity (Wildman–Crippen MR) is 104 cm³/mol. The zero-order valence-electron chi connectivity index (χ0n) is 16.2. The molecule has 0 saturated carbocycles. The van der Waals surface area contributed by atoms with Crippen molar-refractivity contribution in [2.75, 3.05) is 18.2 Å². The van der Waals surface area contributed by atoms with E-state index in [4.69, 9.17) is 4.74 Å². The van der Waals surface area contributed by atoms with Gasteiger partial charge >= 0.3 is 5.97 Å². The van der Waals surface area contributed by atoms with E-state index in [-0.39, 0.29) is 18.9 Å². The Morgan fingerprint density at radius 2 is 1.59 bits per heavy atom. The maximum atomic E-state index is 12.5. The van der Waals surface area contributed by atoms with Gasteiger partial charge in [0.25, 0.3) is 11.8 Å². The molecule has 0 N–H and O–H groups in total. The molecule has 1 saturated heterocycles. The molecule has 0 aromatic heterocycles. The van der Waals surface area contributed by atoms with Crippen LogP contribution in [0.1, 0.15) is 38.3 Å². The summed E-state index contributed by atoms with van der Waals surface area (Å²) in [5, 5.41) is 0. The zero-order chi connectivity index (χ0) is 20.7. The van der Waals surface area contributed by atoms with Crippen LogP contribution in [0.15, 0.2) is 42.5 Å². The van der Waals surface area contributed by atoms with Crippen LogP contribution in [0.3, 0.4) is 0 Å². The monoisotopic (exact) mass is 392 g/mol. The predicted octanol–water partition coefficient (Wildman–Crippen LogP) is 2.45. The number of carbonyl (C=O) groups is 4. The molecule has 29 heavy (non-hydrogen) atoms. The van der Waals surface area contributed by atoms with Gasteiger partial charge in [-0.1, -0.05) is 18.2 Å². The van der Waals surface area contributed by atoms with Crippen LogP contribution in [0.2, 0.25) is 0 Å². The van der Waals surface area contributed by atoms with E-state index >= 15 is 0 Å². The van der Waals surface area contributed by atoms with Crippen LogP contribution in [0, 0.1) is 19.8 Å². The van der Waals surface area contributed by atoms with Crippen LogP contribution in [-0.4, -0.2) is 41.9 Å². The number of anilines is 1. The van der Waals surface area contributed by atoms with E-state index in [1.807, 2.05) is 32.0 Å². The van der Waals surface area contributed by atoms with Crippen molar-refractivity contribution in [1.82, 2.24) is 4.90 Å². The fourth-order valence-corrected chi connectivity index (χ4v) is 3.82. The molecule has 0 unspecified atom stereocenters. The summed E-state index contributed by atoms with van der Waals surface area (Å²) in [4.78, 5) is 52.1. The highest BCUT2D eigenvalue weighted by Crippen LogP contribution is 2.28. The van der Waals surface area contributed by atoms with Gasteiger partial charge in [-0.25, -0.2) is 4.90 Å². The van der Waals surface area contributed by atoms with E-state index in [0.717, 1.165) is 21.7 Å². The average molecular weight is 392 g/mol. The molecular formula is C22H20N2O5. The van der Waals surface area contributed by atoms with Crippen LogP contribution in [0.25, 0.3) is 0 Å². The number of fused-ring (bicyclic) bond motifs is 1. The summed E-state index contributed by atoms with van der Waals surface area (Å²) in [6.45, 7) is 3.65. The Morgan fingerprint density at radius 3 is 2.17 bits per heavy atom. The first kappa shape index (κ1) is 18.9. The van der Waals surface area contributed by atoms with Crippen LogP contribution in [0.4, 0.5) is 5.69 Å². The normalized spacial score (nSPS) is 18.4. The van der Waals surface area contributed by atoms with Gasteiger partial charge in [0.15, 0.2) is 6.73 Å². The lowest BCUT2D eigenvalue weighted by molar-refractivity contribution is -0.151. The second-order valence-corrected chi connectivity index (χ2v) is 7.43. The number of imide groups is 1. The van der Waals surface area contributed by atoms with Crippen molar-refractivity contribution in [2.45, 2.75) is 20.3 Å². The fourth-order valence-electron chi connectivity index (χ4n) is 3.82. The SMILES string of the molecule is Cc1cc(C)cc(N2C[C@H](C(=O)OCN3C(=O)c4ccccc4C3=O)CC2=O)c1. The molecule has 7 heteroatoms. The Labute approximate surface area is 167 Å². The average Bonchev–Trinajstić information content (AvgIpc) is 3.18. The molecule has 0 spiro atoms. The van der Waals surface area contributed by atoms with Crippen molar-refractivity contribution in [3.63, 3.8) is 0 Å². The Bertz CT molecular complexity index is 990. The fraction of sp³-hybridized carbons (Fsp3) is 0.273. The Hall–Kier alpha value is -3.48. The third-order valence-corrected chi connectivity index (χ3v) is 5.19. The number of nitrogens with zero attached hydrogens (tertiary/aromatic N) is 2. The quantitative estimate of drug-likeness (QED) is 0.590. The highest BCUT2D eigenvalue weighted by molar-refractivity contribution is 6.21. The minimum absolute atomic E-state index is 0.0357. The molecular weight excluding hydrogens is 372 g/mol. The first-order valence-corrected chi connectivity index (χ1v) is 9.35. The smallest absolute Gasteiger partial charge is 0.313 e. The minimum Gasteiger partial charge on any atom is -0.443 e. The number of rotatable bonds is 4. The number of carbonyl (C=O) groups excluding carboxylic acids is 4. The molecule has 2 aliphatic heterocycles. The standard InChI is InChI=1S/C22H20N2O5/c1-13-7-14(2)9-16(8-13)23-11-15(10-19(23)25)22(28)29-12-24-20(26)17-5-3-4-6-18(17)21(24)27/h3-9,15H,10-12H2,1-2H3/t15-/m1/s1. The number of hydrogen-bond donors (Lipinski definition) is 0. The third-order valence-electron chi connectivity index (χ3n) is 5.19. The van der Waals surface area contributed by atoms with Gasteiger partial charge in [0.1, 0.15) is 0 Å². The summed E-state index contributed by atoms with van der Waals surface area (Å²) >= 11 is 0. The lowest BCUT2D eigenvalue weighted by Crippen LogP contribution is -2.35. The van der Waals surface area contributed by atoms with Crippen molar-refractivity contribution in [3.8, 4) is 0 Å². The number of hydrogen-bond acceptors (Lipinski definition) is 5. The van der Waals surface area contributed by atoms with Crippen LogP contribution in [-0.2, 0) is 14.3 Å². The third kappa shape index (κ3) is 3.40. The van der Waals surface area contributed by atoms with Crippen LogP contribution in [0.5, 0.6) is 0 Å². The molecule has 3 amide bonds. The molecule has 148 valence electrons. The zero-order valence-corrected chi connectivity index (χ0v) is 16.2. The number of benzene rings is 2. The van der Waals surface area contributed by atoms with E-state index < -0.39 is 30.4 Å². The summed E-state index contributed by atoms with van der Waals surface area (Å²) in [5.41, 5.74) is 3.41. The van der Waals surface area contributed by atoms with Crippen LogP contribution >= 0.6 is 0 Å². The van der Waals surface area contributed by atoms with Gasteiger partial charge < -0.3 is 9.64 Å². The molecule has 0 aliphatic carbocycles. The molecule has 0 bridgehead atoms. The first-order chi connectivity index (χ1) is 13.8. The largest absolute Gasteiger partial charge is 0.443 e. The highest BCUT2D eigenvalue weighted by Gasteiger charge is 2.39. The van der Waals surface area contributed by atoms with Gasteiger partial charge in [-0.05, 0) is 49.2 Å². The van der Waals surface area contributed by atoms with E-state index in [1.165, 1.54) is 0 Å². The van der Waals surface area contributed by atoms with Gasteiger partial charge in [0.2, 0.25) is 5.91 Å². The van der Waals surface area contributed by atoms with E-state index in [0.29, 0.717) is 11.1 Å². The van der Waals surface area contributed by atoms with Gasteiger partial charge in [-0.2, -0.15) is 0 Å². The number of aryl methyl sites for hydroxylation is 2. The molecule has 4 rings (SSSR count). The summed E-state index contributed by atoms with van der Waals surface area (Å²) < 4.78 is 5.23. The van der Waals surface area contributed by atoms with E-state index in [1.54, 1.807) is 29.2 Å². The van der Waals surface area contributed by atoms with Gasteiger partial charge in [-0.3, -0.25) is 19.2 Å². The van der Waals surface area contributed by atoms with Gasteiger partial charge in [0.05, 0.1) is 17.0 Å². The van der Waals surface area contributed by atoms with Crippen LogP contribution < -0.4 is 4.90 Å².